The average molecular weight is 407 g/mol. The van der Waals surface area contributed by atoms with E-state index in [1.54, 1.807) is 14.2 Å². The fourth-order valence-corrected chi connectivity index (χ4v) is 2.99. The van der Waals surface area contributed by atoms with Crippen LogP contribution in [0.25, 0.3) is 0 Å². The SMILES string of the molecule is CCCOc1ccc(CNC(=NC)N2CCN(CC(=O)NCCOC)CC2)cn1. The number of nitrogens with one attached hydrogen (secondary N) is 2. The molecule has 1 aromatic rings. The van der Waals surface area contributed by atoms with Gasteiger partial charge in [0.25, 0.3) is 0 Å². The van der Waals surface area contributed by atoms with Gasteiger partial charge in [0, 0.05) is 65.7 Å². The van der Waals surface area contributed by atoms with E-state index in [1.807, 2.05) is 18.3 Å². The van der Waals surface area contributed by atoms with E-state index in [4.69, 9.17) is 9.47 Å². The predicted molar refractivity (Wildman–Crippen MR) is 113 cm³/mol. The molecule has 1 aromatic heterocycles. The van der Waals surface area contributed by atoms with Crippen molar-refractivity contribution in [3.8, 4) is 5.88 Å². The van der Waals surface area contributed by atoms with Crippen LogP contribution in [0.1, 0.15) is 18.9 Å². The molecule has 1 saturated heterocycles. The van der Waals surface area contributed by atoms with Crippen molar-refractivity contribution in [2.75, 3.05) is 66.6 Å². The number of pyridine rings is 1. The molecule has 0 aromatic carbocycles. The van der Waals surface area contributed by atoms with Gasteiger partial charge >= 0.3 is 0 Å². The van der Waals surface area contributed by atoms with Gasteiger partial charge in [0.1, 0.15) is 0 Å². The molecule has 1 fully saturated rings. The van der Waals surface area contributed by atoms with Crippen molar-refractivity contribution < 1.29 is 14.3 Å². The molecular formula is C20H34N6O3. The molecular weight excluding hydrogens is 372 g/mol. The number of ether oxygens (including phenoxy) is 2. The number of carbonyl (C=O) groups is 1. The second-order valence-corrected chi connectivity index (χ2v) is 6.86. The Hall–Kier alpha value is -2.39. The molecule has 29 heavy (non-hydrogen) atoms. The summed E-state index contributed by atoms with van der Waals surface area (Å²) in [5, 5.41) is 6.25. The highest BCUT2D eigenvalue weighted by Crippen LogP contribution is 2.08. The maximum atomic E-state index is 11.9. The first kappa shape index (κ1) is 22.9. The Morgan fingerprint density at radius 3 is 2.62 bits per heavy atom. The van der Waals surface area contributed by atoms with Gasteiger partial charge < -0.3 is 25.0 Å². The molecule has 1 aliphatic heterocycles. The van der Waals surface area contributed by atoms with Gasteiger partial charge in [0.05, 0.1) is 19.8 Å². The van der Waals surface area contributed by atoms with E-state index < -0.39 is 0 Å². The summed E-state index contributed by atoms with van der Waals surface area (Å²) in [6.45, 7) is 8.20. The number of piperazine rings is 1. The van der Waals surface area contributed by atoms with Crippen LogP contribution in [0.15, 0.2) is 23.3 Å². The third-order valence-corrected chi connectivity index (χ3v) is 4.58. The lowest BCUT2D eigenvalue weighted by Crippen LogP contribution is -2.54. The molecule has 0 bridgehead atoms. The van der Waals surface area contributed by atoms with Crippen molar-refractivity contribution >= 4 is 11.9 Å². The van der Waals surface area contributed by atoms with Crippen molar-refractivity contribution in [1.82, 2.24) is 25.4 Å². The second-order valence-electron chi connectivity index (χ2n) is 6.86. The van der Waals surface area contributed by atoms with E-state index in [2.05, 4.69) is 37.3 Å². The molecule has 0 spiro atoms. The summed E-state index contributed by atoms with van der Waals surface area (Å²) in [5.41, 5.74) is 1.07. The Morgan fingerprint density at radius 2 is 2.00 bits per heavy atom. The first-order valence-corrected chi connectivity index (χ1v) is 10.2. The van der Waals surface area contributed by atoms with E-state index in [0.717, 1.165) is 44.1 Å². The first-order valence-electron chi connectivity index (χ1n) is 10.2. The molecule has 2 rings (SSSR count). The van der Waals surface area contributed by atoms with Crippen molar-refractivity contribution in [1.29, 1.82) is 0 Å². The molecule has 2 heterocycles. The number of hydrogen-bond acceptors (Lipinski definition) is 6. The fourth-order valence-electron chi connectivity index (χ4n) is 2.99. The van der Waals surface area contributed by atoms with Crippen LogP contribution >= 0.6 is 0 Å². The minimum absolute atomic E-state index is 0.0388. The first-order chi connectivity index (χ1) is 14.2. The van der Waals surface area contributed by atoms with Crippen LogP contribution in [0.3, 0.4) is 0 Å². The molecule has 0 unspecified atom stereocenters. The summed E-state index contributed by atoms with van der Waals surface area (Å²) in [6, 6.07) is 3.91. The third-order valence-electron chi connectivity index (χ3n) is 4.58. The van der Waals surface area contributed by atoms with Gasteiger partial charge in [0.2, 0.25) is 11.8 Å². The molecule has 9 nitrogen and oxygen atoms in total. The Morgan fingerprint density at radius 1 is 1.21 bits per heavy atom. The summed E-state index contributed by atoms with van der Waals surface area (Å²) in [7, 11) is 3.41. The van der Waals surface area contributed by atoms with E-state index in [1.165, 1.54) is 0 Å². The number of amides is 1. The standard InChI is InChI=1S/C20H34N6O3/c1-4-12-29-19-6-5-17(14-23-19)15-24-20(21-2)26-10-8-25(9-11-26)16-18(27)22-7-13-28-3/h5-6,14H,4,7-13,15-16H2,1-3H3,(H,21,24)(H,22,27). The van der Waals surface area contributed by atoms with Crippen LogP contribution < -0.4 is 15.4 Å². The largest absolute Gasteiger partial charge is 0.478 e. The maximum Gasteiger partial charge on any atom is 0.234 e. The second kappa shape index (κ2) is 12.9. The molecule has 9 heteroatoms. The Labute approximate surface area is 173 Å². The molecule has 1 amide bonds. The van der Waals surface area contributed by atoms with Crippen LogP contribution in [0.5, 0.6) is 5.88 Å². The molecule has 162 valence electrons. The molecule has 1 aliphatic rings. The fraction of sp³-hybridized carbons (Fsp3) is 0.650. The smallest absolute Gasteiger partial charge is 0.234 e. The van der Waals surface area contributed by atoms with Gasteiger partial charge in [-0.3, -0.25) is 14.7 Å². The molecule has 0 saturated carbocycles. The lowest BCUT2D eigenvalue weighted by Gasteiger charge is -2.36. The monoisotopic (exact) mass is 406 g/mol. The summed E-state index contributed by atoms with van der Waals surface area (Å²) in [5.74, 6) is 1.56. The van der Waals surface area contributed by atoms with E-state index in [-0.39, 0.29) is 5.91 Å². The van der Waals surface area contributed by atoms with Gasteiger partial charge in [-0.1, -0.05) is 13.0 Å². The normalized spacial score (nSPS) is 15.3. The topological polar surface area (TPSA) is 91.3 Å². The summed E-state index contributed by atoms with van der Waals surface area (Å²) < 4.78 is 10.5. The van der Waals surface area contributed by atoms with E-state index in [9.17, 15) is 4.79 Å². The van der Waals surface area contributed by atoms with Crippen molar-refractivity contribution in [3.63, 3.8) is 0 Å². The average Bonchev–Trinajstić information content (AvgIpc) is 2.75. The number of methoxy groups -OCH3 is 1. The number of nitrogens with zero attached hydrogens (tertiary/aromatic N) is 4. The van der Waals surface area contributed by atoms with Gasteiger partial charge in [-0.05, 0) is 12.0 Å². The number of guanidine groups is 1. The summed E-state index contributed by atoms with van der Waals surface area (Å²) in [4.78, 5) is 25.0. The molecule has 2 N–H and O–H groups in total. The third kappa shape index (κ3) is 8.25. The number of aromatic nitrogens is 1. The van der Waals surface area contributed by atoms with Gasteiger partial charge in [-0.2, -0.15) is 0 Å². The van der Waals surface area contributed by atoms with Crippen LogP contribution in [-0.2, 0) is 16.1 Å². The van der Waals surface area contributed by atoms with Crippen LogP contribution in [0, 0.1) is 0 Å². The number of rotatable bonds is 10. The minimum atomic E-state index is 0.0388. The van der Waals surface area contributed by atoms with Crippen molar-refractivity contribution in [2.45, 2.75) is 19.9 Å². The Bertz CT molecular complexity index is 630. The summed E-state index contributed by atoms with van der Waals surface area (Å²) >= 11 is 0. The van der Waals surface area contributed by atoms with Crippen molar-refractivity contribution in [2.24, 2.45) is 4.99 Å². The van der Waals surface area contributed by atoms with Gasteiger partial charge in [-0.15, -0.1) is 0 Å². The zero-order chi connectivity index (χ0) is 20.9. The molecule has 0 aliphatic carbocycles. The molecule has 0 radical (unpaired) electrons. The lowest BCUT2D eigenvalue weighted by atomic mass is 10.3. The van der Waals surface area contributed by atoms with E-state index >= 15 is 0 Å². The quantitative estimate of drug-likeness (QED) is 0.329. The zero-order valence-corrected chi connectivity index (χ0v) is 17.8. The van der Waals surface area contributed by atoms with Crippen molar-refractivity contribution in [3.05, 3.63) is 23.9 Å². The predicted octanol–water partition coefficient (Wildman–Crippen LogP) is 0.326. The van der Waals surface area contributed by atoms with E-state index in [0.29, 0.717) is 38.7 Å². The maximum absolute atomic E-state index is 11.9. The highest BCUT2D eigenvalue weighted by atomic mass is 16.5. The lowest BCUT2D eigenvalue weighted by molar-refractivity contribution is -0.122. The Kier molecular flexibility index (Phi) is 10.2. The number of carbonyl (C=O) groups excluding carboxylic acids is 1. The highest BCUT2D eigenvalue weighted by molar-refractivity contribution is 5.80. The molecule has 0 atom stereocenters. The van der Waals surface area contributed by atoms with Gasteiger partial charge in [-0.25, -0.2) is 4.98 Å². The van der Waals surface area contributed by atoms with Crippen LogP contribution in [0.4, 0.5) is 0 Å². The van der Waals surface area contributed by atoms with Crippen LogP contribution in [-0.4, -0.2) is 93.3 Å². The van der Waals surface area contributed by atoms with Gasteiger partial charge in [0.15, 0.2) is 5.96 Å². The van der Waals surface area contributed by atoms with Crippen LogP contribution in [0.2, 0.25) is 0 Å². The highest BCUT2D eigenvalue weighted by Gasteiger charge is 2.21. The minimum Gasteiger partial charge on any atom is -0.478 e. The summed E-state index contributed by atoms with van der Waals surface area (Å²) in [6.07, 6.45) is 2.79. The Balaban J connectivity index is 1.72. The number of aliphatic imine (C=N–C) groups is 1. The number of hydrogen-bond donors (Lipinski definition) is 2. The zero-order valence-electron chi connectivity index (χ0n) is 17.8.